The summed E-state index contributed by atoms with van der Waals surface area (Å²) in [5.74, 6) is -0.847. The van der Waals surface area contributed by atoms with Crippen LogP contribution in [0.2, 0.25) is 0 Å². The van der Waals surface area contributed by atoms with Gasteiger partial charge in [0.05, 0.1) is 0 Å². The van der Waals surface area contributed by atoms with Crippen molar-refractivity contribution in [2.45, 2.75) is 38.8 Å². The summed E-state index contributed by atoms with van der Waals surface area (Å²) in [6, 6.07) is 12.6. The van der Waals surface area contributed by atoms with Crippen LogP contribution < -0.4 is 10.6 Å². The molecule has 2 N–H and O–H groups in total. The maximum absolute atomic E-state index is 13.4. The summed E-state index contributed by atoms with van der Waals surface area (Å²) in [6.07, 6.45) is -0.0131. The summed E-state index contributed by atoms with van der Waals surface area (Å²) in [6.45, 7) is 4.31. The summed E-state index contributed by atoms with van der Waals surface area (Å²) in [5, 5.41) is 5.18. The smallest absolute Gasteiger partial charge is 0.418 e. The van der Waals surface area contributed by atoms with Gasteiger partial charge in [-0.2, -0.15) is 0 Å². The van der Waals surface area contributed by atoms with Gasteiger partial charge in [-0.15, -0.1) is 0 Å². The summed E-state index contributed by atoms with van der Waals surface area (Å²) in [5.41, 5.74) is 2.64. The number of benzene rings is 2. The molecule has 1 heterocycles. The summed E-state index contributed by atoms with van der Waals surface area (Å²) in [7, 11) is 1.52. The molecule has 1 unspecified atom stereocenters. The molecule has 0 radical (unpaired) electrons. The van der Waals surface area contributed by atoms with Crippen LogP contribution in [0.3, 0.4) is 0 Å². The molecule has 0 saturated carbocycles. The van der Waals surface area contributed by atoms with Crippen LogP contribution in [0.15, 0.2) is 42.5 Å². The number of nitrogens with one attached hydrogen (secondary N) is 2. The average molecular weight is 465 g/mol. The van der Waals surface area contributed by atoms with Gasteiger partial charge in [0.25, 0.3) is 5.91 Å². The Labute approximate surface area is 198 Å². The summed E-state index contributed by atoms with van der Waals surface area (Å²) < 4.78 is 5.62. The zero-order valence-corrected chi connectivity index (χ0v) is 19.5. The van der Waals surface area contributed by atoms with Gasteiger partial charge in [0.15, 0.2) is 0 Å². The molecule has 9 nitrogen and oxygen atoms in total. The number of imide groups is 1. The van der Waals surface area contributed by atoms with Gasteiger partial charge < -0.3 is 20.3 Å². The van der Waals surface area contributed by atoms with Crippen molar-refractivity contribution in [3.63, 3.8) is 0 Å². The number of carbonyl (C=O) groups is 4. The van der Waals surface area contributed by atoms with Crippen molar-refractivity contribution in [3.05, 3.63) is 64.7 Å². The van der Waals surface area contributed by atoms with E-state index in [0.717, 1.165) is 21.6 Å². The first kappa shape index (κ1) is 23.3. The number of ether oxygens (including phenoxy) is 1. The zero-order valence-electron chi connectivity index (χ0n) is 19.5. The molecule has 1 fully saturated rings. The fraction of sp³-hybridized carbons (Fsp3) is 0.360. The topological polar surface area (TPSA) is 108 Å². The first-order chi connectivity index (χ1) is 16.3. The van der Waals surface area contributed by atoms with Crippen LogP contribution in [0.25, 0.3) is 0 Å². The molecule has 0 bridgehead atoms. The predicted octanol–water partition coefficient (Wildman–Crippen LogP) is 2.92. The highest BCUT2D eigenvalue weighted by Crippen LogP contribution is 2.46. The minimum Gasteiger partial charge on any atom is -0.427 e. The molecule has 2 aromatic rings. The number of rotatable bonds is 6. The molecule has 1 aliphatic heterocycles. The van der Waals surface area contributed by atoms with Crippen molar-refractivity contribution in [1.82, 2.24) is 15.1 Å². The van der Waals surface area contributed by atoms with Crippen molar-refractivity contribution < 1.29 is 23.9 Å². The van der Waals surface area contributed by atoms with Gasteiger partial charge in [-0.3, -0.25) is 9.59 Å². The lowest BCUT2D eigenvalue weighted by molar-refractivity contribution is -0.142. The van der Waals surface area contributed by atoms with Gasteiger partial charge in [-0.05, 0) is 49.1 Å². The van der Waals surface area contributed by atoms with E-state index in [2.05, 4.69) is 10.6 Å². The van der Waals surface area contributed by atoms with Crippen LogP contribution in [0.1, 0.15) is 35.6 Å². The van der Waals surface area contributed by atoms with Gasteiger partial charge in [0, 0.05) is 37.8 Å². The maximum atomic E-state index is 13.4. The van der Waals surface area contributed by atoms with E-state index in [0.29, 0.717) is 37.2 Å². The number of anilines is 1. The number of urea groups is 1. The van der Waals surface area contributed by atoms with E-state index in [1.807, 2.05) is 38.1 Å². The third kappa shape index (κ3) is 4.09. The molecule has 1 spiro atoms. The van der Waals surface area contributed by atoms with E-state index in [4.69, 9.17) is 4.74 Å². The molecule has 9 heteroatoms. The second-order valence-electron chi connectivity index (χ2n) is 8.50. The fourth-order valence-electron chi connectivity index (χ4n) is 4.53. The lowest BCUT2D eigenvalue weighted by Crippen LogP contribution is -2.44. The van der Waals surface area contributed by atoms with Crippen molar-refractivity contribution in [1.29, 1.82) is 0 Å². The highest BCUT2D eigenvalue weighted by atomic mass is 16.6. The lowest BCUT2D eigenvalue weighted by Gasteiger charge is -2.24. The number of hydrogen-bond donors (Lipinski definition) is 2. The molecule has 4 rings (SSSR count). The van der Waals surface area contributed by atoms with Crippen molar-refractivity contribution in [2.75, 3.05) is 25.5 Å². The monoisotopic (exact) mass is 464 g/mol. The quantitative estimate of drug-likeness (QED) is 0.684. The van der Waals surface area contributed by atoms with Crippen LogP contribution in [-0.4, -0.2) is 53.9 Å². The average Bonchev–Trinajstić information content (AvgIpc) is 3.30. The van der Waals surface area contributed by atoms with Crippen LogP contribution in [0.4, 0.5) is 15.3 Å². The molecule has 0 aromatic heterocycles. The van der Waals surface area contributed by atoms with Gasteiger partial charge in [0.2, 0.25) is 11.5 Å². The standard InChI is InChI=1S/C25H28N4O5/c1-4-28(14-18-8-6-5-7-16(18)2)21(30)15-29-22(31)25(34-24(29)33)12-11-17-13-19(9-10-20(17)25)27-23(32)26-3/h5-10,13H,4,11-12,14-15H2,1-3H3,(H2,26,27,32). The van der Waals surface area contributed by atoms with Crippen LogP contribution in [-0.2, 0) is 32.9 Å². The molecule has 34 heavy (non-hydrogen) atoms. The molecule has 2 aromatic carbocycles. The molecule has 1 aliphatic carbocycles. The molecule has 2 aliphatic rings. The first-order valence-corrected chi connectivity index (χ1v) is 11.3. The summed E-state index contributed by atoms with van der Waals surface area (Å²) in [4.78, 5) is 53.3. The third-order valence-corrected chi connectivity index (χ3v) is 6.49. The molecule has 1 atom stereocenters. The molecule has 178 valence electrons. The van der Waals surface area contributed by atoms with Crippen LogP contribution in [0, 0.1) is 6.92 Å². The SMILES string of the molecule is CCN(Cc1ccccc1C)C(=O)CN1C(=O)OC2(CCc3cc(NC(=O)NC)ccc32)C1=O. The Balaban J connectivity index is 1.51. The summed E-state index contributed by atoms with van der Waals surface area (Å²) >= 11 is 0. The number of nitrogens with zero attached hydrogens (tertiary/aromatic N) is 2. The van der Waals surface area contributed by atoms with Crippen molar-refractivity contribution in [3.8, 4) is 0 Å². The third-order valence-electron chi connectivity index (χ3n) is 6.49. The first-order valence-electron chi connectivity index (χ1n) is 11.3. The molecule has 1 saturated heterocycles. The Morgan fingerprint density at radius 1 is 1.18 bits per heavy atom. The lowest BCUT2D eigenvalue weighted by atomic mass is 9.94. The van der Waals surface area contributed by atoms with Crippen LogP contribution in [0.5, 0.6) is 0 Å². The van der Waals surface area contributed by atoms with E-state index in [-0.39, 0.29) is 18.5 Å². The van der Waals surface area contributed by atoms with E-state index in [9.17, 15) is 19.2 Å². The van der Waals surface area contributed by atoms with Crippen molar-refractivity contribution >= 4 is 29.6 Å². The molecular weight excluding hydrogens is 436 g/mol. The van der Waals surface area contributed by atoms with E-state index in [1.165, 1.54) is 7.05 Å². The Morgan fingerprint density at radius 3 is 2.65 bits per heavy atom. The second kappa shape index (κ2) is 9.17. The van der Waals surface area contributed by atoms with E-state index >= 15 is 0 Å². The minimum absolute atomic E-state index is 0.293. The largest absolute Gasteiger partial charge is 0.427 e. The Kier molecular flexibility index (Phi) is 6.28. The van der Waals surface area contributed by atoms with E-state index < -0.39 is 17.6 Å². The molecular formula is C25H28N4O5. The second-order valence-corrected chi connectivity index (χ2v) is 8.50. The van der Waals surface area contributed by atoms with Gasteiger partial charge in [-0.1, -0.05) is 30.3 Å². The maximum Gasteiger partial charge on any atom is 0.418 e. The number of amides is 5. The zero-order chi connectivity index (χ0) is 24.5. The number of hydrogen-bond acceptors (Lipinski definition) is 5. The number of likely N-dealkylation sites (N-methyl/N-ethyl adjacent to an activating group) is 1. The number of aryl methyl sites for hydroxylation is 2. The fourth-order valence-corrected chi connectivity index (χ4v) is 4.53. The van der Waals surface area contributed by atoms with Gasteiger partial charge in [-0.25, -0.2) is 14.5 Å². The molecule has 5 amide bonds. The minimum atomic E-state index is -1.43. The van der Waals surface area contributed by atoms with Crippen molar-refractivity contribution in [2.24, 2.45) is 0 Å². The Bertz CT molecular complexity index is 1160. The Morgan fingerprint density at radius 2 is 1.94 bits per heavy atom. The predicted molar refractivity (Wildman–Crippen MR) is 125 cm³/mol. The normalized spacial score (nSPS) is 18.6. The Hall–Kier alpha value is -3.88. The van der Waals surface area contributed by atoms with Gasteiger partial charge >= 0.3 is 12.1 Å². The highest BCUT2D eigenvalue weighted by Gasteiger charge is 2.58. The number of fused-ring (bicyclic) bond motifs is 2. The van der Waals surface area contributed by atoms with Crippen LogP contribution >= 0.6 is 0 Å². The highest BCUT2D eigenvalue weighted by molar-refractivity contribution is 6.06. The van der Waals surface area contributed by atoms with Gasteiger partial charge in [0.1, 0.15) is 6.54 Å². The number of carbonyl (C=O) groups excluding carboxylic acids is 4. The van der Waals surface area contributed by atoms with E-state index in [1.54, 1.807) is 23.1 Å².